The van der Waals surface area contributed by atoms with Gasteiger partial charge in [0.2, 0.25) is 17.7 Å². The molecule has 16 heteroatoms. The normalized spacial score (nSPS) is 11.3. The van der Waals surface area contributed by atoms with Gasteiger partial charge in [0, 0.05) is 25.9 Å². The molecule has 3 amide bonds. The molecule has 0 saturated carbocycles. The third-order valence-corrected chi connectivity index (χ3v) is 6.76. The number of unbranched alkanes of at least 4 members (excludes halogenated alkanes) is 5. The van der Waals surface area contributed by atoms with Gasteiger partial charge in [0.25, 0.3) is 0 Å². The van der Waals surface area contributed by atoms with Gasteiger partial charge in [-0.05, 0) is 43.5 Å². The molecule has 0 saturated heterocycles. The van der Waals surface area contributed by atoms with Gasteiger partial charge in [-0.1, -0.05) is 25.7 Å². The summed E-state index contributed by atoms with van der Waals surface area (Å²) in [5.74, 6) is -2.60. The van der Waals surface area contributed by atoms with Crippen molar-refractivity contribution in [2.45, 2.75) is 63.8 Å². The minimum absolute atomic E-state index is 0.0235. The lowest BCUT2D eigenvalue weighted by Crippen LogP contribution is -2.41. The number of ether oxygens (including phenoxy) is 5. The van der Waals surface area contributed by atoms with Gasteiger partial charge in [0.15, 0.2) is 0 Å². The second kappa shape index (κ2) is 28.9. The highest BCUT2D eigenvalue weighted by Crippen LogP contribution is 2.14. The van der Waals surface area contributed by atoms with E-state index in [1.165, 1.54) is 12.1 Å². The maximum Gasteiger partial charge on any atom is 0.335 e. The summed E-state index contributed by atoms with van der Waals surface area (Å²) in [7, 11) is 0. The Kier molecular flexibility index (Phi) is 25.3. The molecule has 0 bridgehead atoms. The molecule has 0 heterocycles. The minimum Gasteiger partial charge on any atom is -0.494 e. The monoisotopic (exact) mass is 697 g/mol. The molecular weight excluding hydrogens is 646 g/mol. The molecule has 16 nitrogen and oxygen atoms in total. The lowest BCUT2D eigenvalue weighted by atomic mass is 10.1. The first-order valence-corrected chi connectivity index (χ1v) is 16.5. The number of benzene rings is 1. The summed E-state index contributed by atoms with van der Waals surface area (Å²) in [5.41, 5.74) is 0.208. The number of aromatic carboxylic acids is 1. The number of aliphatic carboxylic acids is 1. The van der Waals surface area contributed by atoms with E-state index < -0.39 is 18.0 Å². The fourth-order valence-electron chi connectivity index (χ4n) is 4.18. The van der Waals surface area contributed by atoms with Gasteiger partial charge in [-0.2, -0.15) is 0 Å². The van der Waals surface area contributed by atoms with Crippen molar-refractivity contribution in [3.05, 3.63) is 29.8 Å². The number of nitrogens with one attached hydrogen (secondary N) is 3. The first kappa shape index (κ1) is 42.9. The molecule has 0 spiro atoms. The van der Waals surface area contributed by atoms with E-state index in [1.807, 2.05) is 0 Å². The maximum absolute atomic E-state index is 12.2. The van der Waals surface area contributed by atoms with Crippen molar-refractivity contribution < 1.29 is 62.7 Å². The molecule has 1 aromatic rings. The Morgan fingerprint density at radius 2 is 1.24 bits per heavy atom. The van der Waals surface area contributed by atoms with Crippen molar-refractivity contribution in [1.29, 1.82) is 0 Å². The largest absolute Gasteiger partial charge is 0.494 e. The maximum atomic E-state index is 12.2. The van der Waals surface area contributed by atoms with E-state index in [-0.39, 0.29) is 82.1 Å². The molecular formula is C33H51N3O13. The predicted molar refractivity (Wildman–Crippen MR) is 175 cm³/mol. The first-order valence-electron chi connectivity index (χ1n) is 16.5. The van der Waals surface area contributed by atoms with Crippen LogP contribution in [0.2, 0.25) is 0 Å². The number of carbonyl (C=O) groups is 6. The second-order valence-corrected chi connectivity index (χ2v) is 10.8. The van der Waals surface area contributed by atoms with E-state index in [0.717, 1.165) is 32.1 Å². The number of carboxylic acids is 2. The van der Waals surface area contributed by atoms with Crippen molar-refractivity contribution in [2.24, 2.45) is 0 Å². The van der Waals surface area contributed by atoms with Crippen molar-refractivity contribution in [3.63, 3.8) is 0 Å². The first-order chi connectivity index (χ1) is 23.7. The highest BCUT2D eigenvalue weighted by atomic mass is 16.5. The van der Waals surface area contributed by atoms with Gasteiger partial charge in [0.05, 0.1) is 51.8 Å². The molecule has 0 aliphatic heterocycles. The zero-order chi connectivity index (χ0) is 36.0. The van der Waals surface area contributed by atoms with Crippen LogP contribution in [-0.2, 0) is 42.9 Å². The average Bonchev–Trinajstić information content (AvgIpc) is 3.08. The van der Waals surface area contributed by atoms with Gasteiger partial charge in [-0.3, -0.25) is 14.4 Å². The fourth-order valence-corrected chi connectivity index (χ4v) is 4.18. The van der Waals surface area contributed by atoms with E-state index in [9.17, 15) is 33.9 Å². The Hall–Kier alpha value is -4.12. The van der Waals surface area contributed by atoms with E-state index in [2.05, 4.69) is 16.0 Å². The highest BCUT2D eigenvalue weighted by Gasteiger charge is 2.20. The zero-order valence-corrected chi connectivity index (χ0v) is 28.0. The lowest BCUT2D eigenvalue weighted by Gasteiger charge is -2.14. The average molecular weight is 698 g/mol. The Balaban J connectivity index is 1.99. The van der Waals surface area contributed by atoms with Crippen LogP contribution >= 0.6 is 0 Å². The van der Waals surface area contributed by atoms with Crippen LogP contribution in [0.3, 0.4) is 0 Å². The van der Waals surface area contributed by atoms with Gasteiger partial charge in [0.1, 0.15) is 31.3 Å². The fraction of sp³-hybridized carbons (Fsp3) is 0.636. The predicted octanol–water partition coefficient (Wildman–Crippen LogP) is 1.34. The highest BCUT2D eigenvalue weighted by molar-refractivity contribution is 5.87. The van der Waals surface area contributed by atoms with Crippen molar-refractivity contribution in [2.75, 3.05) is 72.6 Å². The smallest absolute Gasteiger partial charge is 0.335 e. The number of hydrogen-bond donors (Lipinski definition) is 5. The topological polar surface area (TPSA) is 225 Å². The molecule has 0 aliphatic rings. The number of carboxylic acid groups (broad SMARTS) is 2. The molecule has 0 aromatic heterocycles. The summed E-state index contributed by atoms with van der Waals surface area (Å²) < 4.78 is 26.3. The second-order valence-electron chi connectivity index (χ2n) is 10.8. The lowest BCUT2D eigenvalue weighted by molar-refractivity contribution is -0.142. The van der Waals surface area contributed by atoms with Crippen LogP contribution in [0.5, 0.6) is 5.75 Å². The quantitative estimate of drug-likeness (QED) is 0.0530. The van der Waals surface area contributed by atoms with Gasteiger partial charge < -0.3 is 54.6 Å². The molecule has 5 N–H and O–H groups in total. The molecule has 1 rings (SSSR count). The van der Waals surface area contributed by atoms with Crippen LogP contribution in [0.25, 0.3) is 0 Å². The van der Waals surface area contributed by atoms with E-state index >= 15 is 0 Å². The minimum atomic E-state index is -1.20. The summed E-state index contributed by atoms with van der Waals surface area (Å²) in [5, 5.41) is 26.1. The van der Waals surface area contributed by atoms with Gasteiger partial charge >= 0.3 is 11.9 Å². The van der Waals surface area contributed by atoms with Crippen molar-refractivity contribution in [1.82, 2.24) is 16.0 Å². The molecule has 49 heavy (non-hydrogen) atoms. The molecule has 0 radical (unpaired) electrons. The summed E-state index contributed by atoms with van der Waals surface area (Å²) in [6.07, 6.45) is 5.88. The Bertz CT molecular complexity index is 1100. The van der Waals surface area contributed by atoms with Crippen LogP contribution in [-0.4, -0.2) is 125 Å². The van der Waals surface area contributed by atoms with E-state index in [1.54, 1.807) is 12.1 Å². The number of aldehydes is 1. The summed E-state index contributed by atoms with van der Waals surface area (Å²) in [6, 6.07) is 5.09. The Labute approximate surface area is 286 Å². The van der Waals surface area contributed by atoms with Crippen LogP contribution in [0.4, 0.5) is 0 Å². The van der Waals surface area contributed by atoms with Crippen LogP contribution in [0.15, 0.2) is 24.3 Å². The third kappa shape index (κ3) is 24.6. The van der Waals surface area contributed by atoms with E-state index in [4.69, 9.17) is 28.8 Å². The molecule has 0 fully saturated rings. The third-order valence-electron chi connectivity index (χ3n) is 6.76. The van der Waals surface area contributed by atoms with Gasteiger partial charge in [-0.25, -0.2) is 9.59 Å². The summed E-state index contributed by atoms with van der Waals surface area (Å²) in [4.78, 5) is 68.6. The SMILES string of the molecule is O=CCOCCOCCNC(=O)COCCOCCNC(=O)CC[C@H](NC(=O)CCCCCCCCOc1ccc(C(=O)O)cc1)C(=O)O. The molecule has 1 aromatic carbocycles. The number of rotatable bonds is 32. The zero-order valence-electron chi connectivity index (χ0n) is 28.0. The van der Waals surface area contributed by atoms with Crippen LogP contribution in [0.1, 0.15) is 68.1 Å². The van der Waals surface area contributed by atoms with Crippen LogP contribution < -0.4 is 20.7 Å². The number of carbonyl (C=O) groups excluding carboxylic acids is 4. The summed E-state index contributed by atoms with van der Waals surface area (Å²) in [6.45, 7) is 2.43. The molecule has 0 aliphatic carbocycles. The van der Waals surface area contributed by atoms with Crippen LogP contribution in [0, 0.1) is 0 Å². The van der Waals surface area contributed by atoms with E-state index in [0.29, 0.717) is 51.4 Å². The number of hydrogen-bond acceptors (Lipinski definition) is 11. The molecule has 276 valence electrons. The van der Waals surface area contributed by atoms with Crippen molar-refractivity contribution >= 4 is 35.9 Å². The summed E-state index contributed by atoms with van der Waals surface area (Å²) >= 11 is 0. The Morgan fingerprint density at radius 3 is 1.88 bits per heavy atom. The molecule has 1 atom stereocenters. The standard InChI is InChI=1S/C33H51N3O13/c37-16-20-47-22-21-45-19-15-35-31(40)25-48-24-23-46-18-14-34-29(38)13-12-28(33(43)44)36-30(39)7-5-3-1-2-4-6-17-49-27-10-8-26(9-11-27)32(41)42/h8-11,16,28H,1-7,12-15,17-25H2,(H,34,38)(H,35,40)(H,36,39)(H,41,42)(H,43,44)/t28-/m0/s1. The molecule has 0 unspecified atom stereocenters. The Morgan fingerprint density at radius 1 is 0.653 bits per heavy atom. The van der Waals surface area contributed by atoms with Crippen molar-refractivity contribution in [3.8, 4) is 5.75 Å². The number of amides is 3. The van der Waals surface area contributed by atoms with Gasteiger partial charge in [-0.15, -0.1) is 0 Å².